The van der Waals surface area contributed by atoms with E-state index < -0.39 is 17.7 Å². The van der Waals surface area contributed by atoms with Crippen molar-refractivity contribution in [1.29, 1.82) is 0 Å². The number of nitrogens with zero attached hydrogens (tertiary/aromatic N) is 2. The Morgan fingerprint density at radius 2 is 1.84 bits per heavy atom. The SMILES string of the molecule is CSc1nnc([C@H](CC(C)C)C(=O)NC(=O)[C@@H]2CCCC[C@@H]2NC(=O)c2ccccc2)o1. The Balaban J connectivity index is 1.69. The van der Waals surface area contributed by atoms with Crippen molar-refractivity contribution in [2.45, 2.75) is 63.1 Å². The Morgan fingerprint density at radius 1 is 1.12 bits per heavy atom. The number of amides is 3. The Labute approximate surface area is 192 Å². The van der Waals surface area contributed by atoms with Crippen LogP contribution in [-0.4, -0.2) is 40.2 Å². The van der Waals surface area contributed by atoms with E-state index in [1.165, 1.54) is 11.8 Å². The predicted octanol–water partition coefficient (Wildman–Crippen LogP) is 3.55. The van der Waals surface area contributed by atoms with E-state index in [9.17, 15) is 14.4 Å². The van der Waals surface area contributed by atoms with Gasteiger partial charge < -0.3 is 9.73 Å². The molecule has 3 amide bonds. The molecule has 0 spiro atoms. The van der Waals surface area contributed by atoms with Crippen LogP contribution < -0.4 is 10.6 Å². The Morgan fingerprint density at radius 3 is 2.50 bits per heavy atom. The van der Waals surface area contributed by atoms with Gasteiger partial charge in [-0.05, 0) is 43.6 Å². The summed E-state index contributed by atoms with van der Waals surface area (Å²) in [4.78, 5) is 38.7. The molecule has 9 heteroatoms. The maximum absolute atomic E-state index is 13.1. The molecule has 1 aliphatic rings. The molecule has 1 aliphatic carbocycles. The van der Waals surface area contributed by atoms with E-state index in [4.69, 9.17) is 4.42 Å². The molecule has 1 aromatic heterocycles. The molecule has 0 unspecified atom stereocenters. The highest BCUT2D eigenvalue weighted by Gasteiger charge is 2.35. The number of benzene rings is 1. The van der Waals surface area contributed by atoms with Crippen LogP contribution in [0, 0.1) is 11.8 Å². The number of hydrogen-bond acceptors (Lipinski definition) is 7. The van der Waals surface area contributed by atoms with Crippen molar-refractivity contribution in [3.8, 4) is 0 Å². The summed E-state index contributed by atoms with van der Waals surface area (Å²) >= 11 is 1.30. The van der Waals surface area contributed by atoms with Gasteiger partial charge >= 0.3 is 0 Å². The molecule has 3 rings (SSSR count). The van der Waals surface area contributed by atoms with E-state index in [1.54, 1.807) is 24.3 Å². The number of thioether (sulfide) groups is 1. The zero-order valence-electron chi connectivity index (χ0n) is 18.7. The topological polar surface area (TPSA) is 114 Å². The van der Waals surface area contributed by atoms with Crippen molar-refractivity contribution in [3.63, 3.8) is 0 Å². The van der Waals surface area contributed by atoms with Crippen LogP contribution in [0.3, 0.4) is 0 Å². The van der Waals surface area contributed by atoms with Crippen molar-refractivity contribution in [2.75, 3.05) is 6.26 Å². The Kier molecular flexibility index (Phi) is 8.44. The predicted molar refractivity (Wildman–Crippen MR) is 121 cm³/mol. The Bertz CT molecular complexity index is 931. The molecule has 1 fully saturated rings. The lowest BCUT2D eigenvalue weighted by molar-refractivity contribution is -0.135. The van der Waals surface area contributed by atoms with Gasteiger partial charge in [-0.15, -0.1) is 10.2 Å². The molecule has 1 saturated carbocycles. The van der Waals surface area contributed by atoms with Gasteiger partial charge in [0.2, 0.25) is 17.7 Å². The lowest BCUT2D eigenvalue weighted by Gasteiger charge is -2.31. The lowest BCUT2D eigenvalue weighted by atomic mass is 9.83. The van der Waals surface area contributed by atoms with Crippen molar-refractivity contribution in [1.82, 2.24) is 20.8 Å². The minimum absolute atomic E-state index is 0.193. The van der Waals surface area contributed by atoms with Crippen molar-refractivity contribution >= 4 is 29.5 Å². The number of rotatable bonds is 8. The molecule has 172 valence electrons. The maximum Gasteiger partial charge on any atom is 0.276 e. The van der Waals surface area contributed by atoms with Crippen LogP contribution in [0.4, 0.5) is 0 Å². The molecule has 0 saturated heterocycles. The van der Waals surface area contributed by atoms with Crippen molar-refractivity contribution < 1.29 is 18.8 Å². The summed E-state index contributed by atoms with van der Waals surface area (Å²) in [5.74, 6) is -1.79. The normalized spacial score (nSPS) is 19.4. The minimum Gasteiger partial charge on any atom is -0.415 e. The summed E-state index contributed by atoms with van der Waals surface area (Å²) in [6.07, 6.45) is 5.40. The zero-order chi connectivity index (χ0) is 23.1. The van der Waals surface area contributed by atoms with Gasteiger partial charge in [0.25, 0.3) is 11.1 Å². The van der Waals surface area contributed by atoms with Gasteiger partial charge in [0.05, 0.1) is 5.92 Å². The van der Waals surface area contributed by atoms with E-state index in [-0.39, 0.29) is 29.7 Å². The first-order chi connectivity index (χ1) is 15.4. The van der Waals surface area contributed by atoms with Gasteiger partial charge in [-0.3, -0.25) is 19.7 Å². The third-order valence-corrected chi connectivity index (χ3v) is 6.13. The average Bonchev–Trinajstić information content (AvgIpc) is 3.27. The molecule has 0 bridgehead atoms. The molecule has 0 aliphatic heterocycles. The van der Waals surface area contributed by atoms with Crippen LogP contribution in [0.25, 0.3) is 0 Å². The number of nitrogens with one attached hydrogen (secondary N) is 2. The van der Waals surface area contributed by atoms with Crippen molar-refractivity contribution in [3.05, 3.63) is 41.8 Å². The second kappa shape index (κ2) is 11.3. The highest BCUT2D eigenvalue weighted by Crippen LogP contribution is 2.28. The second-order valence-electron chi connectivity index (χ2n) is 8.48. The van der Waals surface area contributed by atoms with Gasteiger partial charge in [0.1, 0.15) is 5.92 Å². The largest absolute Gasteiger partial charge is 0.415 e. The Hall–Kier alpha value is -2.68. The molecule has 8 nitrogen and oxygen atoms in total. The van der Waals surface area contributed by atoms with Gasteiger partial charge in [-0.25, -0.2) is 0 Å². The third-order valence-electron chi connectivity index (χ3n) is 5.62. The van der Waals surface area contributed by atoms with Gasteiger partial charge in [-0.2, -0.15) is 0 Å². The quantitative estimate of drug-likeness (QED) is 0.581. The smallest absolute Gasteiger partial charge is 0.276 e. The van der Waals surface area contributed by atoms with E-state index in [2.05, 4.69) is 20.8 Å². The molecule has 1 heterocycles. The number of carbonyl (C=O) groups excluding carboxylic acids is 3. The molecule has 3 atom stereocenters. The summed E-state index contributed by atoms with van der Waals surface area (Å²) < 4.78 is 5.58. The van der Waals surface area contributed by atoms with Crippen LogP contribution >= 0.6 is 11.8 Å². The van der Waals surface area contributed by atoms with Crippen LogP contribution in [0.2, 0.25) is 0 Å². The summed E-state index contributed by atoms with van der Waals surface area (Å²) in [5.41, 5.74) is 0.547. The van der Waals surface area contributed by atoms with Crippen molar-refractivity contribution in [2.24, 2.45) is 11.8 Å². The minimum atomic E-state index is -0.701. The first kappa shape index (κ1) is 24.0. The highest BCUT2D eigenvalue weighted by atomic mass is 32.2. The zero-order valence-corrected chi connectivity index (χ0v) is 19.5. The number of aromatic nitrogens is 2. The van der Waals surface area contributed by atoms with E-state index >= 15 is 0 Å². The fraction of sp³-hybridized carbons (Fsp3) is 0.522. The van der Waals surface area contributed by atoms with Gasteiger partial charge in [-0.1, -0.05) is 56.7 Å². The lowest BCUT2D eigenvalue weighted by Crippen LogP contribution is -2.50. The molecular weight excluding hydrogens is 428 g/mol. The second-order valence-corrected chi connectivity index (χ2v) is 9.24. The molecular formula is C23H30N4O4S. The summed E-state index contributed by atoms with van der Waals surface area (Å²) in [6, 6.07) is 8.60. The molecule has 2 aromatic rings. The average molecular weight is 459 g/mol. The van der Waals surface area contributed by atoms with Crippen LogP contribution in [0.1, 0.15) is 68.1 Å². The van der Waals surface area contributed by atoms with Gasteiger partial charge in [0.15, 0.2) is 0 Å². The monoisotopic (exact) mass is 458 g/mol. The first-order valence-electron chi connectivity index (χ1n) is 11.0. The maximum atomic E-state index is 13.1. The standard InChI is InChI=1S/C23H30N4O4S/c1-14(2)13-17(22-26-27-23(31-22)32-3)21(30)25-20(29)16-11-7-8-12-18(16)24-19(28)15-9-5-4-6-10-15/h4-6,9-10,14,16-18H,7-8,11-13H2,1-3H3,(H,24,28)(H,25,29,30)/t16-,17-,18+/m1/s1. The summed E-state index contributed by atoms with van der Waals surface area (Å²) in [7, 11) is 0. The van der Waals surface area contributed by atoms with E-state index in [1.807, 2.05) is 26.2 Å². The summed E-state index contributed by atoms with van der Waals surface area (Å²) in [5, 5.41) is 13.9. The van der Waals surface area contributed by atoms with E-state index in [0.29, 0.717) is 30.0 Å². The molecule has 1 aromatic carbocycles. The summed E-state index contributed by atoms with van der Waals surface area (Å²) in [6.45, 7) is 3.98. The third kappa shape index (κ3) is 6.18. The first-order valence-corrected chi connectivity index (χ1v) is 12.2. The number of imide groups is 1. The van der Waals surface area contributed by atoms with Gasteiger partial charge in [0, 0.05) is 11.6 Å². The molecule has 0 radical (unpaired) electrons. The van der Waals surface area contributed by atoms with E-state index in [0.717, 1.165) is 12.8 Å². The van der Waals surface area contributed by atoms with Crippen LogP contribution in [-0.2, 0) is 9.59 Å². The van der Waals surface area contributed by atoms with Crippen LogP contribution in [0.5, 0.6) is 0 Å². The fourth-order valence-electron chi connectivity index (χ4n) is 4.00. The number of hydrogen-bond donors (Lipinski definition) is 2. The molecule has 32 heavy (non-hydrogen) atoms. The molecule has 2 N–H and O–H groups in total. The number of carbonyl (C=O) groups is 3. The highest BCUT2D eigenvalue weighted by molar-refractivity contribution is 7.98. The fourth-order valence-corrected chi connectivity index (χ4v) is 4.29. The van der Waals surface area contributed by atoms with Crippen LogP contribution in [0.15, 0.2) is 40.0 Å².